The highest BCUT2D eigenvalue weighted by atomic mass is 79.9. The van der Waals surface area contributed by atoms with E-state index in [0.29, 0.717) is 13.1 Å². The quantitative estimate of drug-likeness (QED) is 0.737. The fourth-order valence-electron chi connectivity index (χ4n) is 3.25. The van der Waals surface area contributed by atoms with Gasteiger partial charge in [0, 0.05) is 31.1 Å². The molecule has 1 aromatic heterocycles. The third kappa shape index (κ3) is 3.13. The molecule has 0 aliphatic carbocycles. The van der Waals surface area contributed by atoms with Crippen LogP contribution < -0.4 is 0 Å². The zero-order valence-electron chi connectivity index (χ0n) is 12.4. The van der Waals surface area contributed by atoms with E-state index in [-0.39, 0.29) is 17.7 Å². The molecular formula is C16H19BrN2O2S. The Labute approximate surface area is 142 Å². The Hall–Kier alpha value is -1.14. The number of thiophene rings is 1. The molecule has 4 nitrogen and oxygen atoms in total. The molecule has 3 rings (SSSR count). The predicted octanol–water partition coefficient (Wildman–Crippen LogP) is 2.82. The number of amides is 2. The molecule has 0 spiro atoms. The maximum atomic E-state index is 12.8. The Bertz CT molecular complexity index is 613. The van der Waals surface area contributed by atoms with Crippen LogP contribution in [0.5, 0.6) is 0 Å². The topological polar surface area (TPSA) is 40.6 Å². The Morgan fingerprint density at radius 2 is 2.18 bits per heavy atom. The SMILES string of the molecule is C=CC(=O)N1CCCC(C(=O)N2CCc3sc(Br)cc3C2)C1. The number of hydrogen-bond donors (Lipinski definition) is 0. The minimum atomic E-state index is -0.0693. The summed E-state index contributed by atoms with van der Waals surface area (Å²) in [6.07, 6.45) is 4.03. The van der Waals surface area contributed by atoms with Crippen LogP contribution in [-0.4, -0.2) is 41.2 Å². The van der Waals surface area contributed by atoms with Crippen LogP contribution in [-0.2, 0) is 22.6 Å². The Morgan fingerprint density at radius 1 is 1.36 bits per heavy atom. The van der Waals surface area contributed by atoms with Gasteiger partial charge in [0.2, 0.25) is 11.8 Å². The molecule has 2 amide bonds. The summed E-state index contributed by atoms with van der Waals surface area (Å²) >= 11 is 5.28. The van der Waals surface area contributed by atoms with Gasteiger partial charge in [-0.1, -0.05) is 6.58 Å². The summed E-state index contributed by atoms with van der Waals surface area (Å²) in [6, 6.07) is 2.12. The highest BCUT2D eigenvalue weighted by Gasteiger charge is 2.32. The average Bonchev–Trinajstić information content (AvgIpc) is 2.92. The van der Waals surface area contributed by atoms with Crippen molar-refractivity contribution in [3.63, 3.8) is 0 Å². The standard InChI is InChI=1S/C16H19BrN2O2S/c1-2-15(20)18-6-3-4-11(9-18)16(21)19-7-5-13-12(10-19)8-14(17)22-13/h2,8,11H,1,3-7,9-10H2. The summed E-state index contributed by atoms with van der Waals surface area (Å²) in [4.78, 5) is 29.6. The molecule has 118 valence electrons. The van der Waals surface area contributed by atoms with E-state index in [1.165, 1.54) is 16.5 Å². The van der Waals surface area contributed by atoms with E-state index in [4.69, 9.17) is 0 Å². The van der Waals surface area contributed by atoms with Gasteiger partial charge >= 0.3 is 0 Å². The molecule has 0 bridgehead atoms. The lowest BCUT2D eigenvalue weighted by Gasteiger charge is -2.35. The number of nitrogens with zero attached hydrogens (tertiary/aromatic N) is 2. The van der Waals surface area contributed by atoms with Gasteiger partial charge in [-0.2, -0.15) is 0 Å². The average molecular weight is 383 g/mol. The van der Waals surface area contributed by atoms with Gasteiger partial charge in [0.25, 0.3) is 0 Å². The number of halogens is 1. The fraction of sp³-hybridized carbons (Fsp3) is 0.500. The van der Waals surface area contributed by atoms with E-state index in [2.05, 4.69) is 28.6 Å². The Morgan fingerprint density at radius 3 is 2.95 bits per heavy atom. The van der Waals surface area contributed by atoms with E-state index >= 15 is 0 Å². The molecule has 6 heteroatoms. The summed E-state index contributed by atoms with van der Waals surface area (Å²) in [5, 5.41) is 0. The monoisotopic (exact) mass is 382 g/mol. The molecule has 0 N–H and O–H groups in total. The van der Waals surface area contributed by atoms with Crippen LogP contribution in [0.25, 0.3) is 0 Å². The maximum Gasteiger partial charge on any atom is 0.245 e. The summed E-state index contributed by atoms with van der Waals surface area (Å²) in [7, 11) is 0. The first-order valence-corrected chi connectivity index (χ1v) is 9.16. The first kappa shape index (κ1) is 15.7. The van der Waals surface area contributed by atoms with Crippen LogP contribution >= 0.6 is 27.3 Å². The zero-order valence-corrected chi connectivity index (χ0v) is 14.8. The Balaban J connectivity index is 1.66. The van der Waals surface area contributed by atoms with Gasteiger partial charge in [-0.05, 0) is 52.9 Å². The molecule has 1 atom stereocenters. The highest BCUT2D eigenvalue weighted by Crippen LogP contribution is 2.32. The van der Waals surface area contributed by atoms with Crippen molar-refractivity contribution in [1.29, 1.82) is 0 Å². The van der Waals surface area contributed by atoms with Crippen molar-refractivity contribution < 1.29 is 9.59 Å². The zero-order chi connectivity index (χ0) is 15.7. The van der Waals surface area contributed by atoms with Gasteiger partial charge in [0.05, 0.1) is 9.70 Å². The third-order valence-electron chi connectivity index (χ3n) is 4.41. The van der Waals surface area contributed by atoms with E-state index in [1.807, 2.05) is 4.90 Å². The van der Waals surface area contributed by atoms with Crippen molar-refractivity contribution in [2.45, 2.75) is 25.8 Å². The van der Waals surface area contributed by atoms with Gasteiger partial charge in [-0.3, -0.25) is 9.59 Å². The van der Waals surface area contributed by atoms with Gasteiger partial charge in [-0.15, -0.1) is 11.3 Å². The smallest absolute Gasteiger partial charge is 0.245 e. The molecule has 3 heterocycles. The minimum absolute atomic E-state index is 0.0683. The summed E-state index contributed by atoms with van der Waals surface area (Å²) in [5.41, 5.74) is 1.26. The largest absolute Gasteiger partial charge is 0.338 e. The predicted molar refractivity (Wildman–Crippen MR) is 90.6 cm³/mol. The van der Waals surface area contributed by atoms with Crippen molar-refractivity contribution >= 4 is 39.1 Å². The number of fused-ring (bicyclic) bond motifs is 1. The van der Waals surface area contributed by atoms with Gasteiger partial charge in [0.1, 0.15) is 0 Å². The van der Waals surface area contributed by atoms with Crippen LogP contribution in [0, 0.1) is 5.92 Å². The molecule has 0 aromatic carbocycles. The molecule has 2 aliphatic heterocycles. The van der Waals surface area contributed by atoms with E-state index in [9.17, 15) is 9.59 Å². The number of rotatable bonds is 2. The molecule has 22 heavy (non-hydrogen) atoms. The van der Waals surface area contributed by atoms with Crippen LogP contribution in [0.2, 0.25) is 0 Å². The molecule has 1 unspecified atom stereocenters. The second-order valence-corrected chi connectivity index (χ2v) is 8.35. The minimum Gasteiger partial charge on any atom is -0.338 e. The van der Waals surface area contributed by atoms with Gasteiger partial charge in [0.15, 0.2) is 0 Å². The van der Waals surface area contributed by atoms with Gasteiger partial charge < -0.3 is 9.80 Å². The lowest BCUT2D eigenvalue weighted by molar-refractivity contribution is -0.140. The molecule has 1 saturated heterocycles. The molecular weight excluding hydrogens is 364 g/mol. The van der Waals surface area contributed by atoms with Crippen LogP contribution in [0.15, 0.2) is 22.5 Å². The van der Waals surface area contributed by atoms with Crippen molar-refractivity contribution in [2.24, 2.45) is 5.92 Å². The first-order valence-electron chi connectivity index (χ1n) is 7.55. The molecule has 2 aliphatic rings. The van der Waals surface area contributed by atoms with Crippen LogP contribution in [0.3, 0.4) is 0 Å². The summed E-state index contributed by atoms with van der Waals surface area (Å²) in [5.74, 6) is 0.0519. The number of carbonyl (C=O) groups is 2. The van der Waals surface area contributed by atoms with E-state index in [1.54, 1.807) is 16.2 Å². The number of hydrogen-bond acceptors (Lipinski definition) is 3. The van der Waals surface area contributed by atoms with E-state index in [0.717, 1.165) is 36.1 Å². The van der Waals surface area contributed by atoms with Crippen molar-refractivity contribution in [3.8, 4) is 0 Å². The number of carbonyl (C=O) groups excluding carboxylic acids is 2. The Kier molecular flexibility index (Phi) is 4.68. The normalized spacial score (nSPS) is 21.4. The lowest BCUT2D eigenvalue weighted by Crippen LogP contribution is -2.47. The molecule has 0 radical (unpaired) electrons. The summed E-state index contributed by atoms with van der Waals surface area (Å²) in [6.45, 7) is 6.27. The molecule has 1 fully saturated rings. The second-order valence-electron chi connectivity index (χ2n) is 5.84. The summed E-state index contributed by atoms with van der Waals surface area (Å²) < 4.78 is 1.13. The number of piperidine rings is 1. The van der Waals surface area contributed by atoms with Crippen LogP contribution in [0.4, 0.5) is 0 Å². The van der Waals surface area contributed by atoms with Crippen molar-refractivity contribution in [2.75, 3.05) is 19.6 Å². The third-order valence-corrected chi connectivity index (χ3v) is 6.15. The molecule has 1 aromatic rings. The molecule has 0 saturated carbocycles. The maximum absolute atomic E-state index is 12.8. The number of likely N-dealkylation sites (tertiary alicyclic amines) is 1. The highest BCUT2D eigenvalue weighted by molar-refractivity contribution is 9.11. The second kappa shape index (κ2) is 6.54. The van der Waals surface area contributed by atoms with Crippen LogP contribution in [0.1, 0.15) is 23.3 Å². The van der Waals surface area contributed by atoms with Crippen molar-refractivity contribution in [1.82, 2.24) is 9.80 Å². The van der Waals surface area contributed by atoms with E-state index < -0.39 is 0 Å². The lowest BCUT2D eigenvalue weighted by atomic mass is 9.95. The van der Waals surface area contributed by atoms with Gasteiger partial charge in [-0.25, -0.2) is 0 Å². The first-order chi connectivity index (χ1) is 10.6. The fourth-order valence-corrected chi connectivity index (χ4v) is 5.00. The van der Waals surface area contributed by atoms with Crippen molar-refractivity contribution in [3.05, 3.63) is 32.9 Å².